The van der Waals surface area contributed by atoms with Crippen LogP contribution < -0.4 is 0 Å². The van der Waals surface area contributed by atoms with E-state index in [0.717, 1.165) is 6.92 Å². The first kappa shape index (κ1) is 34.0. The highest BCUT2D eigenvalue weighted by Gasteiger charge is 2.80. The Morgan fingerprint density at radius 1 is 0.979 bits per heavy atom. The number of carbonyl (C=O) groups is 7. The van der Waals surface area contributed by atoms with Crippen LogP contribution in [-0.4, -0.2) is 61.6 Å². The van der Waals surface area contributed by atoms with Gasteiger partial charge in [-0.3, -0.25) is 28.8 Å². The van der Waals surface area contributed by atoms with Crippen molar-refractivity contribution in [2.45, 2.75) is 72.8 Å². The monoisotopic (exact) mass is 644 g/mol. The molecule has 0 spiro atoms. The van der Waals surface area contributed by atoms with Crippen molar-refractivity contribution in [3.63, 3.8) is 0 Å². The predicted octanol–water partition coefficient (Wildman–Crippen LogP) is 4.09. The SMILES string of the molecule is CC(=O)C1C(=O)C(C(C)C)[C@@]2(C)[C@H](CC(=O)Cc3ccc(C)cc3C(=O)O)[C@]3(C)C(C(=O)c4c(O)cccc4[C@H]3C)C(=O)[C@@]2(O)C1=O. The highest BCUT2D eigenvalue weighted by Crippen LogP contribution is 2.70. The normalized spacial score (nSPS) is 33.3. The maximum absolute atomic E-state index is 14.8. The van der Waals surface area contributed by atoms with Gasteiger partial charge in [0.15, 0.2) is 28.7 Å². The molecule has 2 fully saturated rings. The molecule has 0 aliphatic heterocycles. The van der Waals surface area contributed by atoms with E-state index in [2.05, 4.69) is 0 Å². The number of carbonyl (C=O) groups excluding carboxylic acids is 6. The molecule has 0 heterocycles. The van der Waals surface area contributed by atoms with Crippen molar-refractivity contribution in [1.29, 1.82) is 0 Å². The highest BCUT2D eigenvalue weighted by molar-refractivity contribution is 6.32. The van der Waals surface area contributed by atoms with Crippen LogP contribution in [0.25, 0.3) is 0 Å². The van der Waals surface area contributed by atoms with Crippen LogP contribution in [0, 0.1) is 47.3 Å². The summed E-state index contributed by atoms with van der Waals surface area (Å²) < 4.78 is 0. The topological polar surface area (TPSA) is 180 Å². The first-order chi connectivity index (χ1) is 21.8. The van der Waals surface area contributed by atoms with Crippen LogP contribution >= 0.6 is 0 Å². The van der Waals surface area contributed by atoms with E-state index >= 15 is 0 Å². The van der Waals surface area contributed by atoms with Gasteiger partial charge >= 0.3 is 5.97 Å². The zero-order valence-electron chi connectivity index (χ0n) is 27.5. The third kappa shape index (κ3) is 4.43. The molecule has 10 heteroatoms. The van der Waals surface area contributed by atoms with Crippen LogP contribution in [0.2, 0.25) is 0 Å². The fourth-order valence-electron chi connectivity index (χ4n) is 9.51. The number of fused-ring (bicyclic) bond motifs is 3. The average Bonchev–Trinajstić information content (AvgIpc) is 2.97. The van der Waals surface area contributed by atoms with E-state index in [1.165, 1.54) is 25.1 Å². The zero-order valence-corrected chi connectivity index (χ0v) is 27.5. The van der Waals surface area contributed by atoms with Crippen molar-refractivity contribution in [2.75, 3.05) is 0 Å². The largest absolute Gasteiger partial charge is 0.507 e. The molecule has 8 atom stereocenters. The Hall–Kier alpha value is -4.31. The second kappa shape index (κ2) is 11.1. The molecule has 10 nitrogen and oxygen atoms in total. The second-order valence-corrected chi connectivity index (χ2v) is 14.5. The molecule has 5 rings (SSSR count). The molecule has 0 saturated heterocycles. The number of phenolic OH excluding ortho intramolecular Hbond substituents is 1. The van der Waals surface area contributed by atoms with Gasteiger partial charge < -0.3 is 15.3 Å². The second-order valence-electron chi connectivity index (χ2n) is 14.5. The molecule has 47 heavy (non-hydrogen) atoms. The van der Waals surface area contributed by atoms with Crippen LogP contribution in [0.4, 0.5) is 0 Å². The smallest absolute Gasteiger partial charge is 0.335 e. The van der Waals surface area contributed by atoms with Crippen LogP contribution in [0.5, 0.6) is 5.75 Å². The molecule has 3 N–H and O–H groups in total. The maximum Gasteiger partial charge on any atom is 0.335 e. The van der Waals surface area contributed by atoms with E-state index in [1.54, 1.807) is 52.8 Å². The molecule has 3 unspecified atom stereocenters. The highest BCUT2D eigenvalue weighted by atomic mass is 16.4. The van der Waals surface area contributed by atoms with Crippen LogP contribution in [0.3, 0.4) is 0 Å². The minimum absolute atomic E-state index is 0.0676. The molecule has 0 bridgehead atoms. The van der Waals surface area contributed by atoms with Crippen LogP contribution in [0.15, 0.2) is 36.4 Å². The van der Waals surface area contributed by atoms with Gasteiger partial charge in [-0.1, -0.05) is 64.4 Å². The Morgan fingerprint density at radius 3 is 2.19 bits per heavy atom. The van der Waals surface area contributed by atoms with E-state index in [9.17, 15) is 48.9 Å². The number of rotatable bonds is 7. The molecule has 3 aliphatic carbocycles. The van der Waals surface area contributed by atoms with Crippen molar-refractivity contribution >= 4 is 40.7 Å². The zero-order chi connectivity index (χ0) is 35.1. The summed E-state index contributed by atoms with van der Waals surface area (Å²) in [7, 11) is 0. The van der Waals surface area contributed by atoms with Gasteiger partial charge in [0, 0.05) is 24.2 Å². The Kier molecular flexibility index (Phi) is 8.07. The summed E-state index contributed by atoms with van der Waals surface area (Å²) in [5.74, 6) is -14.4. The van der Waals surface area contributed by atoms with Gasteiger partial charge in [-0.15, -0.1) is 0 Å². The number of hydrogen-bond acceptors (Lipinski definition) is 9. The molecule has 0 aromatic heterocycles. The number of carboxylic acids is 1. The Labute approximate surface area is 272 Å². The number of benzene rings is 2. The summed E-state index contributed by atoms with van der Waals surface area (Å²) in [6, 6.07) is 9.15. The van der Waals surface area contributed by atoms with E-state index in [-0.39, 0.29) is 28.9 Å². The van der Waals surface area contributed by atoms with Gasteiger partial charge in [-0.25, -0.2) is 4.79 Å². The molecular formula is C37H40O10. The van der Waals surface area contributed by atoms with Crippen LogP contribution in [0.1, 0.15) is 91.3 Å². The van der Waals surface area contributed by atoms with Gasteiger partial charge in [0.05, 0.1) is 17.0 Å². The molecule has 0 amide bonds. The summed E-state index contributed by atoms with van der Waals surface area (Å²) in [6.07, 6.45) is -0.766. The number of Topliss-reactive ketones (excluding diaryl/α,β-unsaturated/α-hetero) is 6. The molecular weight excluding hydrogens is 604 g/mol. The summed E-state index contributed by atoms with van der Waals surface area (Å²) in [4.78, 5) is 96.5. The standard InChI is InChI=1S/C37H40O10/c1-16(2)28-30(41)26(19(5)38)32(43)37(47)33(44)29-31(42)27-22(9-8-10-24(27)40)18(4)35(29,6)25(36(28,37)7)15-21(39)14-20-12-11-17(3)13-23(20)34(45)46/h8-13,16,18,25-26,28-29,40,47H,14-15H2,1-7H3,(H,45,46)/t18-,25-,26?,28?,29?,35-,36-,37+/m1/s1. The third-order valence-electron chi connectivity index (χ3n) is 11.7. The van der Waals surface area contributed by atoms with Gasteiger partial charge in [0.1, 0.15) is 23.2 Å². The molecule has 2 aromatic carbocycles. The third-order valence-corrected chi connectivity index (χ3v) is 11.7. The fourth-order valence-corrected chi connectivity index (χ4v) is 9.51. The van der Waals surface area contributed by atoms with Crippen molar-refractivity contribution < 1.29 is 48.9 Å². The lowest BCUT2D eigenvalue weighted by Crippen LogP contribution is -2.80. The minimum Gasteiger partial charge on any atom is -0.507 e. The van der Waals surface area contributed by atoms with Crippen LogP contribution in [-0.2, 0) is 30.4 Å². The number of hydrogen-bond donors (Lipinski definition) is 3. The Bertz CT molecular complexity index is 1790. The quantitative estimate of drug-likeness (QED) is 0.372. The summed E-state index contributed by atoms with van der Waals surface area (Å²) >= 11 is 0. The van der Waals surface area contributed by atoms with E-state index in [4.69, 9.17) is 0 Å². The van der Waals surface area contributed by atoms with Crippen molar-refractivity contribution in [3.05, 3.63) is 64.2 Å². The average molecular weight is 645 g/mol. The van der Waals surface area contributed by atoms with Crippen molar-refractivity contribution in [3.8, 4) is 5.75 Å². The van der Waals surface area contributed by atoms with Gasteiger partial charge in [0.25, 0.3) is 0 Å². The number of aromatic carboxylic acids is 1. The number of ketones is 6. The maximum atomic E-state index is 14.8. The van der Waals surface area contributed by atoms with Gasteiger partial charge in [-0.2, -0.15) is 0 Å². The molecule has 248 valence electrons. The fraction of sp³-hybridized carbons (Fsp3) is 0.486. The first-order valence-electron chi connectivity index (χ1n) is 15.8. The lowest BCUT2D eigenvalue weighted by Gasteiger charge is -2.67. The number of carboxylic acid groups (broad SMARTS) is 1. The number of aliphatic hydroxyl groups is 1. The summed E-state index contributed by atoms with van der Waals surface area (Å²) in [5, 5.41) is 33.3. The number of aryl methyl sites for hydroxylation is 1. The van der Waals surface area contributed by atoms with E-state index in [0.29, 0.717) is 11.1 Å². The number of phenols is 1. The molecule has 2 aromatic rings. The summed E-state index contributed by atoms with van der Waals surface area (Å²) in [6.45, 7) is 10.9. The lowest BCUT2D eigenvalue weighted by atomic mass is 9.34. The Balaban J connectivity index is 1.80. The van der Waals surface area contributed by atoms with Gasteiger partial charge in [-0.05, 0) is 60.3 Å². The predicted molar refractivity (Wildman–Crippen MR) is 168 cm³/mol. The van der Waals surface area contributed by atoms with Gasteiger partial charge in [0.2, 0.25) is 0 Å². The molecule has 2 saturated carbocycles. The van der Waals surface area contributed by atoms with E-state index < -0.39 is 99.0 Å². The minimum atomic E-state index is -3.01. The van der Waals surface area contributed by atoms with Crippen molar-refractivity contribution in [1.82, 2.24) is 0 Å². The Morgan fingerprint density at radius 2 is 1.62 bits per heavy atom. The first-order valence-corrected chi connectivity index (χ1v) is 15.8. The molecule has 3 aliphatic rings. The number of aromatic hydroxyl groups is 1. The van der Waals surface area contributed by atoms with E-state index in [1.807, 2.05) is 0 Å². The molecule has 0 radical (unpaired) electrons. The van der Waals surface area contributed by atoms with Crippen molar-refractivity contribution in [2.24, 2.45) is 40.4 Å². The lowest BCUT2D eigenvalue weighted by molar-refractivity contribution is -0.225. The summed E-state index contributed by atoms with van der Waals surface area (Å²) in [5.41, 5.74) is -5.30.